The number of carbonyl (C=O) groups is 1. The lowest BCUT2D eigenvalue weighted by Gasteiger charge is -2.30. The predicted molar refractivity (Wildman–Crippen MR) is 121 cm³/mol. The molecule has 1 amide bonds. The Labute approximate surface area is 188 Å². The third-order valence-electron chi connectivity index (χ3n) is 5.60. The van der Waals surface area contributed by atoms with Crippen LogP contribution in [-0.2, 0) is 21.9 Å². The lowest BCUT2D eigenvalue weighted by atomic mass is 9.99. The van der Waals surface area contributed by atoms with Gasteiger partial charge >= 0.3 is 0 Å². The summed E-state index contributed by atoms with van der Waals surface area (Å²) in [6.07, 6.45) is 1.13. The van der Waals surface area contributed by atoms with Gasteiger partial charge in [-0.15, -0.1) is 0 Å². The van der Waals surface area contributed by atoms with Crippen LogP contribution in [0.3, 0.4) is 0 Å². The second-order valence-electron chi connectivity index (χ2n) is 7.82. The molecule has 1 aliphatic heterocycles. The van der Waals surface area contributed by atoms with Gasteiger partial charge in [0.1, 0.15) is 0 Å². The van der Waals surface area contributed by atoms with Crippen LogP contribution in [0.15, 0.2) is 52.4 Å². The Morgan fingerprint density at radius 1 is 1.22 bits per heavy atom. The maximum Gasteiger partial charge on any atom is 0.270 e. The minimum absolute atomic E-state index is 0.0264. The number of non-ortho nitro benzene ring substituents is 1. The molecule has 168 valence electrons. The zero-order valence-corrected chi connectivity index (χ0v) is 19.2. The molecule has 1 atom stereocenters. The van der Waals surface area contributed by atoms with Crippen LogP contribution in [0.4, 0.5) is 5.69 Å². The quantitative estimate of drug-likeness (QED) is 0.426. The van der Waals surface area contributed by atoms with E-state index in [1.54, 1.807) is 41.9 Å². The number of aromatic nitrogens is 1. The molecule has 1 saturated heterocycles. The molecule has 1 aliphatic rings. The number of aryl methyl sites for hydroxylation is 2. The highest BCUT2D eigenvalue weighted by atomic mass is 32.2. The van der Waals surface area contributed by atoms with Gasteiger partial charge in [-0.2, -0.15) is 9.30 Å². The zero-order chi connectivity index (χ0) is 23.0. The van der Waals surface area contributed by atoms with Crippen LogP contribution in [0.25, 0.3) is 10.2 Å². The molecule has 0 saturated carbocycles. The van der Waals surface area contributed by atoms with E-state index in [2.05, 4.69) is 4.99 Å². The van der Waals surface area contributed by atoms with Crippen molar-refractivity contribution in [3.8, 4) is 0 Å². The largest absolute Gasteiger partial charge is 0.319 e. The molecule has 1 aromatic heterocycles. The van der Waals surface area contributed by atoms with Crippen LogP contribution in [-0.4, -0.2) is 41.2 Å². The van der Waals surface area contributed by atoms with Gasteiger partial charge in [0.25, 0.3) is 11.6 Å². The predicted octanol–water partition coefficient (Wildman–Crippen LogP) is 2.98. The summed E-state index contributed by atoms with van der Waals surface area (Å²) in [6.45, 7) is 2.33. The second kappa shape index (κ2) is 8.57. The van der Waals surface area contributed by atoms with Crippen molar-refractivity contribution in [3.05, 3.63) is 62.9 Å². The van der Waals surface area contributed by atoms with Crippen LogP contribution < -0.4 is 4.80 Å². The minimum atomic E-state index is -3.69. The average molecular weight is 475 g/mol. The molecule has 0 aliphatic carbocycles. The topological polar surface area (TPSA) is 115 Å². The summed E-state index contributed by atoms with van der Waals surface area (Å²) < 4.78 is 29.7. The lowest BCUT2D eigenvalue weighted by Crippen LogP contribution is -2.42. The number of nitro benzene ring substituents is 1. The van der Waals surface area contributed by atoms with Crippen LogP contribution >= 0.6 is 11.3 Å². The molecule has 2 aromatic carbocycles. The van der Waals surface area contributed by atoms with Crippen molar-refractivity contribution in [1.29, 1.82) is 0 Å². The van der Waals surface area contributed by atoms with Gasteiger partial charge in [-0.25, -0.2) is 8.42 Å². The molecule has 0 N–H and O–H groups in total. The normalized spacial score (nSPS) is 18.2. The number of carbonyl (C=O) groups excluding carboxylic acids is 1. The van der Waals surface area contributed by atoms with Gasteiger partial charge in [-0.05, 0) is 38.0 Å². The van der Waals surface area contributed by atoms with Crippen molar-refractivity contribution in [3.63, 3.8) is 0 Å². The molecule has 32 heavy (non-hydrogen) atoms. The third-order valence-corrected chi connectivity index (χ3v) is 8.58. The minimum Gasteiger partial charge on any atom is -0.319 e. The molecule has 9 nitrogen and oxygen atoms in total. The van der Waals surface area contributed by atoms with Crippen LogP contribution in [0.2, 0.25) is 0 Å². The number of hydrogen-bond donors (Lipinski definition) is 0. The summed E-state index contributed by atoms with van der Waals surface area (Å²) >= 11 is 1.19. The molecular formula is C21H22N4O5S2. The van der Waals surface area contributed by atoms with E-state index in [1.165, 1.54) is 27.8 Å². The Kier molecular flexibility index (Phi) is 5.97. The molecule has 1 unspecified atom stereocenters. The Bertz CT molecular complexity index is 1370. The van der Waals surface area contributed by atoms with Crippen LogP contribution in [0, 0.1) is 23.0 Å². The third kappa shape index (κ3) is 4.23. The maximum absolute atomic E-state index is 13.0. The molecular weight excluding hydrogens is 452 g/mol. The molecule has 0 bridgehead atoms. The number of fused-ring (bicyclic) bond motifs is 1. The van der Waals surface area contributed by atoms with E-state index < -0.39 is 20.9 Å². The molecule has 11 heteroatoms. The maximum atomic E-state index is 13.0. The summed E-state index contributed by atoms with van der Waals surface area (Å²) in [5.41, 5.74) is 1.68. The molecule has 0 spiro atoms. The SMILES string of the molecule is Cc1ccc(S(=O)(=O)N2CCCC(C(=O)N=c3sc4cc([N+](=O)[O-])ccc4n3C)C2)cc1. The second-order valence-corrected chi connectivity index (χ2v) is 10.8. The van der Waals surface area contributed by atoms with Gasteiger partial charge in [0.05, 0.1) is 26.0 Å². The zero-order valence-electron chi connectivity index (χ0n) is 17.6. The highest BCUT2D eigenvalue weighted by Gasteiger charge is 2.33. The van der Waals surface area contributed by atoms with Crippen LogP contribution in [0.1, 0.15) is 18.4 Å². The summed E-state index contributed by atoms with van der Waals surface area (Å²) in [7, 11) is -1.94. The summed E-state index contributed by atoms with van der Waals surface area (Å²) in [4.78, 5) is 28.4. The summed E-state index contributed by atoms with van der Waals surface area (Å²) in [6, 6.07) is 11.2. The van der Waals surface area contributed by atoms with Crippen molar-refractivity contribution >= 4 is 43.2 Å². The first kappa shape index (κ1) is 22.3. The number of hydrogen-bond acceptors (Lipinski definition) is 6. The van der Waals surface area contributed by atoms with Gasteiger partial charge in [-0.3, -0.25) is 14.9 Å². The fraction of sp³-hybridized carbons (Fsp3) is 0.333. The van der Waals surface area contributed by atoms with E-state index in [0.717, 1.165) is 11.1 Å². The molecule has 3 aromatic rings. The van der Waals surface area contributed by atoms with E-state index >= 15 is 0 Å². The Morgan fingerprint density at radius 3 is 2.62 bits per heavy atom. The van der Waals surface area contributed by atoms with E-state index in [0.29, 0.717) is 28.9 Å². The van der Waals surface area contributed by atoms with Gasteiger partial charge in [-0.1, -0.05) is 29.0 Å². The smallest absolute Gasteiger partial charge is 0.270 e. The summed E-state index contributed by atoms with van der Waals surface area (Å²) in [5.74, 6) is -0.922. The highest BCUT2D eigenvalue weighted by Crippen LogP contribution is 2.26. The first-order valence-corrected chi connectivity index (χ1v) is 12.3. The first-order chi connectivity index (χ1) is 15.2. The van der Waals surface area contributed by atoms with E-state index in [9.17, 15) is 23.3 Å². The number of piperidine rings is 1. The van der Waals surface area contributed by atoms with Crippen LogP contribution in [0.5, 0.6) is 0 Å². The number of rotatable bonds is 4. The Morgan fingerprint density at radius 2 is 1.94 bits per heavy atom. The number of amides is 1. The Hall–Kier alpha value is -2.89. The van der Waals surface area contributed by atoms with Crippen molar-refractivity contribution in [2.75, 3.05) is 13.1 Å². The number of benzene rings is 2. The van der Waals surface area contributed by atoms with Gasteiger partial charge in [0.15, 0.2) is 4.80 Å². The molecule has 4 rings (SSSR count). The molecule has 0 radical (unpaired) electrons. The van der Waals surface area contributed by atoms with E-state index in [-0.39, 0.29) is 23.0 Å². The van der Waals surface area contributed by atoms with Crippen molar-refractivity contribution in [2.45, 2.75) is 24.7 Å². The fourth-order valence-electron chi connectivity index (χ4n) is 3.75. The van der Waals surface area contributed by atoms with E-state index in [4.69, 9.17) is 0 Å². The standard InChI is InChI=1S/C21H22N4O5S2/c1-14-5-8-17(9-6-14)32(29,30)24-11-3-4-15(13-24)20(26)22-21-23(2)18-10-7-16(25(27)28)12-19(18)31-21/h5-10,12,15H,3-4,11,13H2,1-2H3. The summed E-state index contributed by atoms with van der Waals surface area (Å²) in [5, 5.41) is 11.0. The number of nitrogens with zero attached hydrogens (tertiary/aromatic N) is 4. The fourth-order valence-corrected chi connectivity index (χ4v) is 6.33. The molecule has 2 heterocycles. The monoisotopic (exact) mass is 474 g/mol. The highest BCUT2D eigenvalue weighted by molar-refractivity contribution is 7.89. The van der Waals surface area contributed by atoms with Crippen molar-refractivity contribution in [1.82, 2.24) is 8.87 Å². The van der Waals surface area contributed by atoms with E-state index in [1.807, 2.05) is 6.92 Å². The van der Waals surface area contributed by atoms with Crippen molar-refractivity contribution in [2.24, 2.45) is 18.0 Å². The number of nitro groups is 1. The Balaban J connectivity index is 1.59. The lowest BCUT2D eigenvalue weighted by molar-refractivity contribution is -0.384. The number of thiazole rings is 1. The average Bonchev–Trinajstić information content (AvgIpc) is 3.08. The van der Waals surface area contributed by atoms with Crippen molar-refractivity contribution < 1.29 is 18.1 Å². The molecule has 1 fully saturated rings. The van der Waals surface area contributed by atoms with Gasteiger partial charge < -0.3 is 4.57 Å². The van der Waals surface area contributed by atoms with Gasteiger partial charge in [0.2, 0.25) is 10.0 Å². The number of sulfonamides is 1. The van der Waals surface area contributed by atoms with Gasteiger partial charge in [0, 0.05) is 32.3 Å². The first-order valence-electron chi connectivity index (χ1n) is 10.1.